The van der Waals surface area contributed by atoms with Crippen LogP contribution in [0.1, 0.15) is 41.6 Å². The summed E-state index contributed by atoms with van der Waals surface area (Å²) in [7, 11) is 0. The summed E-state index contributed by atoms with van der Waals surface area (Å²) in [5, 5.41) is 10.9. The number of benzene rings is 2. The summed E-state index contributed by atoms with van der Waals surface area (Å²) < 4.78 is 15.9. The number of carbonyl (C=O) groups is 2. The minimum Gasteiger partial charge on any atom is -0.494 e. The molecule has 0 saturated carbocycles. The van der Waals surface area contributed by atoms with Gasteiger partial charge in [-0.05, 0) is 56.0 Å². The van der Waals surface area contributed by atoms with Gasteiger partial charge in [0, 0.05) is 30.3 Å². The minimum atomic E-state index is -0.600. The first-order valence-electron chi connectivity index (χ1n) is 10.2. The van der Waals surface area contributed by atoms with Crippen LogP contribution in [0.3, 0.4) is 0 Å². The maximum atomic E-state index is 12.4. The van der Waals surface area contributed by atoms with Gasteiger partial charge in [0.05, 0.1) is 23.7 Å². The lowest BCUT2D eigenvalue weighted by atomic mass is 10.1. The van der Waals surface area contributed by atoms with Gasteiger partial charge in [0.2, 0.25) is 0 Å². The largest absolute Gasteiger partial charge is 0.494 e. The molecule has 0 aliphatic heterocycles. The van der Waals surface area contributed by atoms with Gasteiger partial charge in [0.25, 0.3) is 5.69 Å². The number of nitrogens with two attached hydrogens (primary N) is 1. The molecular weight excluding hydrogens is 416 g/mol. The molecule has 2 N–H and O–H groups in total. The molecule has 0 aromatic heterocycles. The van der Waals surface area contributed by atoms with Crippen LogP contribution in [0.15, 0.2) is 55.1 Å². The highest BCUT2D eigenvalue weighted by Gasteiger charge is 2.15. The summed E-state index contributed by atoms with van der Waals surface area (Å²) in [6.45, 7) is 4.24. The third kappa shape index (κ3) is 7.84. The Labute approximate surface area is 185 Å². The summed E-state index contributed by atoms with van der Waals surface area (Å²) in [5.41, 5.74) is 6.17. The smallest absolute Gasteiger partial charge is 0.343 e. The van der Waals surface area contributed by atoms with Crippen molar-refractivity contribution >= 4 is 17.6 Å². The first-order valence-corrected chi connectivity index (χ1v) is 10.2. The van der Waals surface area contributed by atoms with Crippen molar-refractivity contribution in [3.8, 4) is 11.5 Å². The summed E-state index contributed by atoms with van der Waals surface area (Å²) in [5.74, 6) is -0.201. The van der Waals surface area contributed by atoms with Crippen molar-refractivity contribution < 1.29 is 28.7 Å². The van der Waals surface area contributed by atoms with Gasteiger partial charge in [0.15, 0.2) is 0 Å². The highest BCUT2D eigenvalue weighted by Crippen LogP contribution is 2.25. The van der Waals surface area contributed by atoms with Crippen LogP contribution in [-0.4, -0.2) is 30.1 Å². The molecule has 32 heavy (non-hydrogen) atoms. The zero-order chi connectivity index (χ0) is 23.3. The molecule has 0 aliphatic rings. The second kappa shape index (κ2) is 12.9. The summed E-state index contributed by atoms with van der Waals surface area (Å²) in [6, 6.07) is 10.4. The van der Waals surface area contributed by atoms with Crippen LogP contribution in [-0.2, 0) is 16.1 Å². The molecule has 0 heterocycles. The molecule has 0 saturated heterocycles. The molecule has 9 heteroatoms. The zero-order valence-electron chi connectivity index (χ0n) is 17.7. The Morgan fingerprint density at radius 3 is 2.34 bits per heavy atom. The topological polar surface area (TPSA) is 131 Å². The van der Waals surface area contributed by atoms with Crippen LogP contribution in [0, 0.1) is 10.1 Å². The molecule has 0 radical (unpaired) electrons. The molecule has 0 aliphatic carbocycles. The molecule has 0 bridgehead atoms. The number of nitro groups is 1. The Kier molecular flexibility index (Phi) is 9.86. The van der Waals surface area contributed by atoms with E-state index in [1.165, 1.54) is 18.2 Å². The maximum Gasteiger partial charge on any atom is 0.343 e. The van der Waals surface area contributed by atoms with E-state index in [0.29, 0.717) is 30.1 Å². The van der Waals surface area contributed by atoms with E-state index in [-0.39, 0.29) is 18.0 Å². The second-order valence-corrected chi connectivity index (χ2v) is 6.80. The number of carbonyl (C=O) groups excluding carboxylic acids is 2. The van der Waals surface area contributed by atoms with Crippen LogP contribution >= 0.6 is 0 Å². The van der Waals surface area contributed by atoms with Gasteiger partial charge in [-0.25, -0.2) is 9.59 Å². The summed E-state index contributed by atoms with van der Waals surface area (Å²) in [6.07, 6.45) is 4.64. The van der Waals surface area contributed by atoms with E-state index in [0.717, 1.165) is 31.8 Å². The highest BCUT2D eigenvalue weighted by molar-refractivity contribution is 5.91. The quantitative estimate of drug-likeness (QED) is 0.123. The van der Waals surface area contributed by atoms with Crippen molar-refractivity contribution in [2.75, 3.05) is 13.2 Å². The Morgan fingerprint density at radius 1 is 1.03 bits per heavy atom. The molecular formula is C23H26N2O7. The van der Waals surface area contributed by atoms with Crippen molar-refractivity contribution in [3.05, 3.63) is 76.4 Å². The van der Waals surface area contributed by atoms with E-state index in [2.05, 4.69) is 6.58 Å². The average Bonchev–Trinajstić information content (AvgIpc) is 2.80. The number of hydrogen-bond donors (Lipinski definition) is 1. The Morgan fingerprint density at radius 2 is 1.72 bits per heavy atom. The van der Waals surface area contributed by atoms with Gasteiger partial charge in [-0.3, -0.25) is 10.1 Å². The monoisotopic (exact) mass is 442 g/mol. The van der Waals surface area contributed by atoms with Crippen molar-refractivity contribution in [3.63, 3.8) is 0 Å². The van der Waals surface area contributed by atoms with Crippen LogP contribution < -0.4 is 15.2 Å². The molecule has 2 aromatic carbocycles. The van der Waals surface area contributed by atoms with Gasteiger partial charge in [-0.15, -0.1) is 0 Å². The number of unbranched alkanes of at least 4 members (excludes halogenated alkanes) is 3. The lowest BCUT2D eigenvalue weighted by Crippen LogP contribution is -2.11. The minimum absolute atomic E-state index is 0.00293. The van der Waals surface area contributed by atoms with Crippen molar-refractivity contribution in [2.24, 2.45) is 5.73 Å². The molecule has 0 amide bonds. The average molecular weight is 442 g/mol. The summed E-state index contributed by atoms with van der Waals surface area (Å²) in [4.78, 5) is 33.6. The van der Waals surface area contributed by atoms with E-state index in [1.54, 1.807) is 24.3 Å². The Hall–Kier alpha value is -3.72. The van der Waals surface area contributed by atoms with Gasteiger partial charge >= 0.3 is 11.9 Å². The zero-order valence-corrected chi connectivity index (χ0v) is 17.7. The van der Waals surface area contributed by atoms with E-state index in [4.69, 9.17) is 19.9 Å². The van der Waals surface area contributed by atoms with Crippen LogP contribution in [0.4, 0.5) is 5.69 Å². The van der Waals surface area contributed by atoms with Gasteiger partial charge in [-0.1, -0.05) is 6.58 Å². The molecule has 2 aromatic rings. The van der Waals surface area contributed by atoms with Crippen molar-refractivity contribution in [1.29, 1.82) is 0 Å². The first-order chi connectivity index (χ1) is 15.4. The molecule has 0 unspecified atom stereocenters. The van der Waals surface area contributed by atoms with Crippen molar-refractivity contribution in [1.82, 2.24) is 0 Å². The van der Waals surface area contributed by atoms with Gasteiger partial charge in [-0.2, -0.15) is 0 Å². The molecule has 9 nitrogen and oxygen atoms in total. The second-order valence-electron chi connectivity index (χ2n) is 6.80. The lowest BCUT2D eigenvalue weighted by molar-refractivity contribution is -0.384. The van der Waals surface area contributed by atoms with Crippen LogP contribution in [0.2, 0.25) is 0 Å². The number of non-ortho nitro benzene ring substituents is 1. The van der Waals surface area contributed by atoms with E-state index in [9.17, 15) is 19.7 Å². The molecule has 0 fully saturated rings. The highest BCUT2D eigenvalue weighted by atomic mass is 16.6. The van der Waals surface area contributed by atoms with Crippen molar-refractivity contribution in [2.45, 2.75) is 32.2 Å². The maximum absolute atomic E-state index is 12.4. The number of nitrogens with zero attached hydrogens (tertiary/aromatic N) is 1. The Bertz CT molecular complexity index is 942. The predicted molar refractivity (Wildman–Crippen MR) is 118 cm³/mol. The van der Waals surface area contributed by atoms with Gasteiger partial charge in [0.1, 0.15) is 11.5 Å². The Balaban J connectivity index is 1.76. The fraction of sp³-hybridized carbons (Fsp3) is 0.304. The summed E-state index contributed by atoms with van der Waals surface area (Å²) >= 11 is 0. The van der Waals surface area contributed by atoms with Crippen LogP contribution in [0.25, 0.3) is 0 Å². The number of hydrogen-bond acceptors (Lipinski definition) is 8. The van der Waals surface area contributed by atoms with E-state index < -0.39 is 16.9 Å². The van der Waals surface area contributed by atoms with Gasteiger partial charge < -0.3 is 19.9 Å². The SMILES string of the molecule is C=CC(=O)OCCCCCCOc1ccc(C(=O)Oc2ccc([N+](=O)[O-])cc2CN)cc1. The number of ether oxygens (including phenoxy) is 3. The molecule has 0 spiro atoms. The van der Waals surface area contributed by atoms with E-state index >= 15 is 0 Å². The predicted octanol–water partition coefficient (Wildman–Crippen LogP) is 3.94. The third-order valence-electron chi connectivity index (χ3n) is 4.49. The van der Waals surface area contributed by atoms with E-state index in [1.807, 2.05) is 0 Å². The number of nitro benzene ring substituents is 1. The lowest BCUT2D eigenvalue weighted by Gasteiger charge is -2.10. The first kappa shape index (κ1) is 24.5. The molecule has 0 atom stereocenters. The van der Waals surface area contributed by atoms with Crippen LogP contribution in [0.5, 0.6) is 11.5 Å². The molecule has 170 valence electrons. The fourth-order valence-corrected chi connectivity index (χ4v) is 2.76. The molecule has 2 rings (SSSR count). The fourth-order valence-electron chi connectivity index (χ4n) is 2.76. The standard InChI is InChI=1S/C23H26N2O7/c1-2-22(26)31-14-6-4-3-5-13-30-20-10-7-17(8-11-20)23(27)32-21-12-9-19(25(28)29)15-18(21)16-24/h2,7-12,15H,1,3-6,13-14,16,24H2. The number of esters is 2. The normalized spacial score (nSPS) is 10.3. The number of rotatable bonds is 13. The third-order valence-corrected chi connectivity index (χ3v) is 4.49.